The van der Waals surface area contributed by atoms with E-state index in [-0.39, 0.29) is 11.6 Å². The molecule has 2 rings (SSSR count). The number of rotatable bonds is 3. The smallest absolute Gasteiger partial charge is 0.360 e. The van der Waals surface area contributed by atoms with Crippen LogP contribution in [0.4, 0.5) is 0 Å². The minimum atomic E-state index is -0.428. The fourth-order valence-corrected chi connectivity index (χ4v) is 1.27. The summed E-state index contributed by atoms with van der Waals surface area (Å²) in [4.78, 5) is 11.4. The second-order valence-corrected chi connectivity index (χ2v) is 3.01. The summed E-state index contributed by atoms with van der Waals surface area (Å²) in [7, 11) is 0. The van der Waals surface area contributed by atoms with Crippen molar-refractivity contribution in [1.29, 1.82) is 0 Å². The van der Waals surface area contributed by atoms with Crippen LogP contribution in [0.15, 0.2) is 0 Å². The van der Waals surface area contributed by atoms with Crippen molar-refractivity contribution in [2.24, 2.45) is 0 Å². The molecule has 6 heteroatoms. The van der Waals surface area contributed by atoms with E-state index in [1.54, 1.807) is 6.92 Å². The lowest BCUT2D eigenvalue weighted by atomic mass is 10.0. The number of carbonyl (C=O) groups is 1. The molecule has 1 aliphatic rings. The summed E-state index contributed by atoms with van der Waals surface area (Å²) < 4.78 is 9.86. The first-order chi connectivity index (χ1) is 6.83. The molecule has 1 aromatic heterocycles. The molecule has 2 heterocycles. The SMILES string of the molecule is CCOC(=O)c1n[nH]nc1C1COC1. The molecule has 1 aromatic rings. The van der Waals surface area contributed by atoms with Gasteiger partial charge in [-0.1, -0.05) is 0 Å². The summed E-state index contributed by atoms with van der Waals surface area (Å²) in [6, 6.07) is 0. The van der Waals surface area contributed by atoms with E-state index in [1.165, 1.54) is 0 Å². The molecule has 0 radical (unpaired) electrons. The van der Waals surface area contributed by atoms with Gasteiger partial charge in [-0.25, -0.2) is 4.79 Å². The normalized spacial score (nSPS) is 16.4. The minimum absolute atomic E-state index is 0.174. The Bertz CT molecular complexity index is 332. The monoisotopic (exact) mass is 197 g/mol. The van der Waals surface area contributed by atoms with Crippen molar-refractivity contribution in [3.8, 4) is 0 Å². The molecular formula is C8H11N3O3. The Morgan fingerprint density at radius 3 is 3.00 bits per heavy atom. The van der Waals surface area contributed by atoms with Gasteiger partial charge in [0.1, 0.15) is 5.69 Å². The first-order valence-electron chi connectivity index (χ1n) is 4.48. The van der Waals surface area contributed by atoms with E-state index >= 15 is 0 Å². The molecule has 1 N–H and O–H groups in total. The highest BCUT2D eigenvalue weighted by Gasteiger charge is 2.29. The lowest BCUT2D eigenvalue weighted by Crippen LogP contribution is -2.27. The van der Waals surface area contributed by atoms with Gasteiger partial charge >= 0.3 is 5.97 Å². The molecule has 14 heavy (non-hydrogen) atoms. The standard InChI is InChI=1S/C8H11N3O3/c1-2-14-8(12)7-6(9-11-10-7)5-3-13-4-5/h5H,2-4H2,1H3,(H,9,10,11). The zero-order valence-electron chi connectivity index (χ0n) is 7.82. The van der Waals surface area contributed by atoms with Gasteiger partial charge in [-0.15, -0.1) is 5.10 Å². The fourth-order valence-electron chi connectivity index (χ4n) is 1.27. The van der Waals surface area contributed by atoms with E-state index < -0.39 is 5.97 Å². The molecule has 0 aliphatic carbocycles. The predicted molar refractivity (Wildman–Crippen MR) is 45.9 cm³/mol. The molecule has 1 aliphatic heterocycles. The molecule has 0 unspecified atom stereocenters. The van der Waals surface area contributed by atoms with Crippen LogP contribution in [0, 0.1) is 0 Å². The van der Waals surface area contributed by atoms with Crippen LogP contribution in [0.2, 0.25) is 0 Å². The largest absolute Gasteiger partial charge is 0.461 e. The lowest BCUT2D eigenvalue weighted by Gasteiger charge is -2.24. The van der Waals surface area contributed by atoms with E-state index in [9.17, 15) is 4.79 Å². The molecule has 0 saturated carbocycles. The number of aromatic amines is 1. The van der Waals surface area contributed by atoms with Gasteiger partial charge in [0.25, 0.3) is 0 Å². The van der Waals surface area contributed by atoms with E-state index in [1.807, 2.05) is 0 Å². The van der Waals surface area contributed by atoms with E-state index in [0.29, 0.717) is 25.5 Å². The van der Waals surface area contributed by atoms with Gasteiger partial charge in [0.2, 0.25) is 0 Å². The van der Waals surface area contributed by atoms with Crippen LogP contribution in [-0.2, 0) is 9.47 Å². The maximum Gasteiger partial charge on any atom is 0.360 e. The molecule has 0 bridgehead atoms. The number of H-pyrrole nitrogens is 1. The quantitative estimate of drug-likeness (QED) is 0.695. The molecule has 1 fully saturated rings. The number of nitrogens with zero attached hydrogens (tertiary/aromatic N) is 2. The third-order valence-corrected chi connectivity index (χ3v) is 2.07. The van der Waals surface area contributed by atoms with Crippen molar-refractivity contribution in [3.05, 3.63) is 11.4 Å². The molecule has 0 atom stereocenters. The Balaban J connectivity index is 2.16. The summed E-state index contributed by atoms with van der Waals surface area (Å²) in [6.07, 6.45) is 0. The van der Waals surface area contributed by atoms with Gasteiger partial charge in [0.15, 0.2) is 5.69 Å². The van der Waals surface area contributed by atoms with Gasteiger partial charge < -0.3 is 9.47 Å². The molecule has 6 nitrogen and oxygen atoms in total. The van der Waals surface area contributed by atoms with Gasteiger partial charge in [0, 0.05) is 0 Å². The van der Waals surface area contributed by atoms with Gasteiger partial charge in [-0.2, -0.15) is 10.3 Å². The molecular weight excluding hydrogens is 186 g/mol. The van der Waals surface area contributed by atoms with Crippen molar-refractivity contribution >= 4 is 5.97 Å². The molecule has 76 valence electrons. The van der Waals surface area contributed by atoms with Crippen molar-refractivity contribution in [2.75, 3.05) is 19.8 Å². The number of nitrogens with one attached hydrogen (secondary N) is 1. The summed E-state index contributed by atoms with van der Waals surface area (Å²) in [5, 5.41) is 10.1. The van der Waals surface area contributed by atoms with Crippen LogP contribution < -0.4 is 0 Å². The molecule has 0 amide bonds. The van der Waals surface area contributed by atoms with Crippen molar-refractivity contribution < 1.29 is 14.3 Å². The average Bonchev–Trinajstić information content (AvgIpc) is 2.50. The second-order valence-electron chi connectivity index (χ2n) is 3.01. The van der Waals surface area contributed by atoms with Crippen LogP contribution in [0.1, 0.15) is 29.0 Å². The fraction of sp³-hybridized carbons (Fsp3) is 0.625. The highest BCUT2D eigenvalue weighted by Crippen LogP contribution is 2.24. The third kappa shape index (κ3) is 1.48. The Kier molecular flexibility index (Phi) is 2.45. The Labute approximate surface area is 80.6 Å². The number of ether oxygens (including phenoxy) is 2. The highest BCUT2D eigenvalue weighted by atomic mass is 16.5. The summed E-state index contributed by atoms with van der Waals surface area (Å²) >= 11 is 0. The summed E-state index contributed by atoms with van der Waals surface area (Å²) in [5.41, 5.74) is 0.926. The van der Waals surface area contributed by atoms with Gasteiger partial charge in [-0.05, 0) is 6.92 Å². The van der Waals surface area contributed by atoms with Crippen LogP contribution in [0.25, 0.3) is 0 Å². The highest BCUT2D eigenvalue weighted by molar-refractivity contribution is 5.88. The Morgan fingerprint density at radius 2 is 2.43 bits per heavy atom. The molecule has 1 saturated heterocycles. The average molecular weight is 197 g/mol. The summed E-state index contributed by atoms with van der Waals surface area (Å²) in [5.74, 6) is -0.253. The zero-order chi connectivity index (χ0) is 9.97. The number of esters is 1. The third-order valence-electron chi connectivity index (χ3n) is 2.07. The first kappa shape index (κ1) is 9.14. The number of carbonyl (C=O) groups excluding carboxylic acids is 1. The number of hydrogen-bond acceptors (Lipinski definition) is 5. The van der Waals surface area contributed by atoms with Gasteiger partial charge in [-0.3, -0.25) is 0 Å². The van der Waals surface area contributed by atoms with E-state index in [2.05, 4.69) is 15.4 Å². The molecule has 0 aromatic carbocycles. The van der Waals surface area contributed by atoms with E-state index in [0.717, 1.165) is 0 Å². The first-order valence-corrected chi connectivity index (χ1v) is 4.48. The van der Waals surface area contributed by atoms with Crippen LogP contribution in [0.3, 0.4) is 0 Å². The second kappa shape index (κ2) is 3.75. The number of hydrogen-bond donors (Lipinski definition) is 1. The summed E-state index contributed by atoms with van der Waals surface area (Å²) in [6.45, 7) is 3.29. The Hall–Kier alpha value is -1.43. The maximum absolute atomic E-state index is 11.4. The van der Waals surface area contributed by atoms with E-state index in [4.69, 9.17) is 9.47 Å². The van der Waals surface area contributed by atoms with Crippen molar-refractivity contribution in [1.82, 2.24) is 15.4 Å². The predicted octanol–water partition coefficient (Wildman–Crippen LogP) is 0.0952. The van der Waals surface area contributed by atoms with Crippen LogP contribution >= 0.6 is 0 Å². The van der Waals surface area contributed by atoms with Crippen LogP contribution in [-0.4, -0.2) is 41.2 Å². The van der Waals surface area contributed by atoms with Crippen molar-refractivity contribution in [2.45, 2.75) is 12.8 Å². The number of aromatic nitrogens is 3. The van der Waals surface area contributed by atoms with Crippen molar-refractivity contribution in [3.63, 3.8) is 0 Å². The van der Waals surface area contributed by atoms with Gasteiger partial charge in [0.05, 0.1) is 25.7 Å². The lowest BCUT2D eigenvalue weighted by molar-refractivity contribution is 0.00586. The van der Waals surface area contributed by atoms with Crippen LogP contribution in [0.5, 0.6) is 0 Å². The Morgan fingerprint density at radius 1 is 1.64 bits per heavy atom. The minimum Gasteiger partial charge on any atom is -0.461 e. The molecule has 0 spiro atoms. The zero-order valence-corrected chi connectivity index (χ0v) is 7.82. The topological polar surface area (TPSA) is 77.1 Å². The maximum atomic E-state index is 11.4.